The number of hydrogen-bond donors (Lipinski definition) is 0. The van der Waals surface area contributed by atoms with Crippen LogP contribution in [0.5, 0.6) is 0 Å². The standard InChI is InChI=1S/C14H18F3N3O/c1-19(2)13(21)10-4-7-20(8-5-10)11-3-6-18-12(9-11)14(15,16)17/h3,6,9-10H,4-5,7-8H2,1-2H3. The van der Waals surface area contributed by atoms with Gasteiger partial charge in [-0.1, -0.05) is 0 Å². The normalized spacial score (nSPS) is 16.9. The minimum absolute atomic E-state index is 0.0415. The van der Waals surface area contributed by atoms with Crippen LogP contribution in [0.1, 0.15) is 18.5 Å². The molecule has 2 heterocycles. The lowest BCUT2D eigenvalue weighted by atomic mass is 9.95. The van der Waals surface area contributed by atoms with Crippen LogP contribution in [0.15, 0.2) is 18.3 Å². The average Bonchev–Trinajstić information content (AvgIpc) is 2.46. The largest absolute Gasteiger partial charge is 0.433 e. The smallest absolute Gasteiger partial charge is 0.371 e. The van der Waals surface area contributed by atoms with Gasteiger partial charge in [0.1, 0.15) is 5.69 Å². The lowest BCUT2D eigenvalue weighted by molar-refractivity contribution is -0.141. The molecule has 1 aromatic rings. The van der Waals surface area contributed by atoms with Crippen LogP contribution < -0.4 is 4.90 Å². The average molecular weight is 301 g/mol. The molecule has 7 heteroatoms. The molecule has 1 saturated heterocycles. The Morgan fingerprint density at radius 3 is 2.48 bits per heavy atom. The predicted molar refractivity (Wildman–Crippen MR) is 72.9 cm³/mol. The molecule has 2 rings (SSSR count). The van der Waals surface area contributed by atoms with Gasteiger partial charge in [0, 0.05) is 45.0 Å². The fourth-order valence-corrected chi connectivity index (χ4v) is 2.52. The summed E-state index contributed by atoms with van der Waals surface area (Å²) in [5.74, 6) is 0.0422. The highest BCUT2D eigenvalue weighted by molar-refractivity contribution is 5.78. The number of nitrogens with zero attached hydrogens (tertiary/aromatic N) is 3. The van der Waals surface area contributed by atoms with Gasteiger partial charge in [-0.2, -0.15) is 13.2 Å². The van der Waals surface area contributed by atoms with Crippen LogP contribution in [-0.2, 0) is 11.0 Å². The summed E-state index contributed by atoms with van der Waals surface area (Å²) in [5.41, 5.74) is -0.375. The van der Waals surface area contributed by atoms with E-state index in [-0.39, 0.29) is 11.8 Å². The van der Waals surface area contributed by atoms with Crippen molar-refractivity contribution in [1.82, 2.24) is 9.88 Å². The van der Waals surface area contributed by atoms with Gasteiger partial charge < -0.3 is 9.80 Å². The first kappa shape index (κ1) is 15.6. The third-order valence-electron chi connectivity index (χ3n) is 3.68. The van der Waals surface area contributed by atoms with Crippen LogP contribution in [0.4, 0.5) is 18.9 Å². The van der Waals surface area contributed by atoms with Crippen molar-refractivity contribution >= 4 is 11.6 Å². The Kier molecular flexibility index (Phi) is 4.39. The number of anilines is 1. The van der Waals surface area contributed by atoms with Gasteiger partial charge in [-0.15, -0.1) is 0 Å². The van der Waals surface area contributed by atoms with E-state index in [0.717, 1.165) is 6.07 Å². The molecular weight excluding hydrogens is 283 g/mol. The molecule has 1 aromatic heterocycles. The number of alkyl halides is 3. The first-order valence-electron chi connectivity index (χ1n) is 6.78. The number of amides is 1. The first-order valence-corrected chi connectivity index (χ1v) is 6.78. The molecule has 1 amide bonds. The van der Waals surface area contributed by atoms with Crippen LogP contribution in [0.25, 0.3) is 0 Å². The van der Waals surface area contributed by atoms with Crippen molar-refractivity contribution < 1.29 is 18.0 Å². The van der Waals surface area contributed by atoms with Gasteiger partial charge in [-0.3, -0.25) is 9.78 Å². The first-order chi connectivity index (χ1) is 9.79. The number of rotatable bonds is 2. The molecule has 116 valence electrons. The maximum atomic E-state index is 12.7. The molecule has 0 saturated carbocycles. The molecule has 21 heavy (non-hydrogen) atoms. The quantitative estimate of drug-likeness (QED) is 0.841. The van der Waals surface area contributed by atoms with Gasteiger partial charge in [0.25, 0.3) is 0 Å². The van der Waals surface area contributed by atoms with Crippen LogP contribution in [0, 0.1) is 5.92 Å². The summed E-state index contributed by atoms with van der Waals surface area (Å²) in [6.07, 6.45) is -1.95. The molecule has 0 N–H and O–H groups in total. The van der Waals surface area contributed by atoms with E-state index >= 15 is 0 Å². The SMILES string of the molecule is CN(C)C(=O)C1CCN(c2ccnc(C(F)(F)F)c2)CC1. The van der Waals surface area contributed by atoms with E-state index in [2.05, 4.69) is 4.98 Å². The summed E-state index contributed by atoms with van der Waals surface area (Å²) in [6, 6.07) is 2.64. The molecular formula is C14H18F3N3O. The molecule has 0 aliphatic carbocycles. The summed E-state index contributed by atoms with van der Waals surface area (Å²) in [4.78, 5) is 18.7. The molecule has 0 unspecified atom stereocenters. The Balaban J connectivity index is 2.04. The van der Waals surface area contributed by atoms with Crippen LogP contribution in [-0.4, -0.2) is 43.0 Å². The maximum absolute atomic E-state index is 12.7. The van der Waals surface area contributed by atoms with Gasteiger partial charge in [0.15, 0.2) is 0 Å². The molecule has 0 spiro atoms. The molecule has 0 radical (unpaired) electrons. The highest BCUT2D eigenvalue weighted by Gasteiger charge is 2.33. The molecule has 1 aliphatic heterocycles. The molecule has 0 bridgehead atoms. The summed E-state index contributed by atoms with van der Waals surface area (Å²) in [7, 11) is 3.43. The van der Waals surface area contributed by atoms with E-state index in [1.54, 1.807) is 25.1 Å². The van der Waals surface area contributed by atoms with E-state index in [1.165, 1.54) is 6.20 Å². The zero-order valence-corrected chi connectivity index (χ0v) is 12.0. The maximum Gasteiger partial charge on any atom is 0.433 e. The predicted octanol–water partition coefficient (Wildman–Crippen LogP) is 2.41. The Morgan fingerprint density at radius 1 is 1.33 bits per heavy atom. The van der Waals surface area contributed by atoms with Crippen molar-refractivity contribution in [2.24, 2.45) is 5.92 Å². The second kappa shape index (κ2) is 5.91. The number of hydrogen-bond acceptors (Lipinski definition) is 3. The van der Waals surface area contributed by atoms with E-state index in [0.29, 0.717) is 31.6 Å². The minimum Gasteiger partial charge on any atom is -0.371 e. The zero-order chi connectivity index (χ0) is 15.6. The van der Waals surface area contributed by atoms with E-state index in [9.17, 15) is 18.0 Å². The van der Waals surface area contributed by atoms with Crippen molar-refractivity contribution in [3.8, 4) is 0 Å². The van der Waals surface area contributed by atoms with Gasteiger partial charge in [-0.05, 0) is 25.0 Å². The third kappa shape index (κ3) is 3.65. The number of pyridine rings is 1. The minimum atomic E-state index is -4.44. The number of carbonyl (C=O) groups excluding carboxylic acids is 1. The highest BCUT2D eigenvalue weighted by atomic mass is 19.4. The number of aromatic nitrogens is 1. The van der Waals surface area contributed by atoms with Gasteiger partial charge in [-0.25, -0.2) is 0 Å². The summed E-state index contributed by atoms with van der Waals surface area (Å²) >= 11 is 0. The van der Waals surface area contributed by atoms with Gasteiger partial charge >= 0.3 is 6.18 Å². The molecule has 1 fully saturated rings. The number of carbonyl (C=O) groups is 1. The molecule has 0 atom stereocenters. The monoisotopic (exact) mass is 301 g/mol. The summed E-state index contributed by atoms with van der Waals surface area (Å²) in [6.45, 7) is 1.15. The van der Waals surface area contributed by atoms with Crippen LogP contribution in [0.3, 0.4) is 0 Å². The van der Waals surface area contributed by atoms with E-state index in [4.69, 9.17) is 0 Å². The Bertz CT molecular complexity index is 508. The Morgan fingerprint density at radius 2 is 1.95 bits per heavy atom. The van der Waals surface area contributed by atoms with Crippen LogP contribution >= 0.6 is 0 Å². The fraction of sp³-hybridized carbons (Fsp3) is 0.571. The van der Waals surface area contributed by atoms with Crippen molar-refractivity contribution in [1.29, 1.82) is 0 Å². The summed E-state index contributed by atoms with van der Waals surface area (Å²) < 4.78 is 38.0. The van der Waals surface area contributed by atoms with E-state index < -0.39 is 11.9 Å². The Labute approximate surface area is 121 Å². The van der Waals surface area contributed by atoms with Crippen molar-refractivity contribution in [3.63, 3.8) is 0 Å². The fourth-order valence-electron chi connectivity index (χ4n) is 2.52. The van der Waals surface area contributed by atoms with Crippen LogP contribution in [0.2, 0.25) is 0 Å². The van der Waals surface area contributed by atoms with Crippen molar-refractivity contribution in [2.45, 2.75) is 19.0 Å². The summed E-state index contributed by atoms with van der Waals surface area (Å²) in [5, 5.41) is 0. The topological polar surface area (TPSA) is 36.4 Å². The highest BCUT2D eigenvalue weighted by Crippen LogP contribution is 2.31. The number of halogens is 3. The molecule has 1 aliphatic rings. The Hall–Kier alpha value is -1.79. The molecule has 4 nitrogen and oxygen atoms in total. The second-order valence-electron chi connectivity index (χ2n) is 5.39. The van der Waals surface area contributed by atoms with Crippen molar-refractivity contribution in [2.75, 3.05) is 32.1 Å². The molecule has 0 aromatic carbocycles. The third-order valence-corrected chi connectivity index (χ3v) is 3.68. The van der Waals surface area contributed by atoms with Gasteiger partial charge in [0.05, 0.1) is 0 Å². The zero-order valence-electron chi connectivity index (χ0n) is 12.0. The second-order valence-corrected chi connectivity index (χ2v) is 5.39. The lowest BCUT2D eigenvalue weighted by Gasteiger charge is -2.34. The van der Waals surface area contributed by atoms with Crippen molar-refractivity contribution in [3.05, 3.63) is 24.0 Å². The lowest BCUT2D eigenvalue weighted by Crippen LogP contribution is -2.40. The van der Waals surface area contributed by atoms with Gasteiger partial charge in [0.2, 0.25) is 5.91 Å². The van der Waals surface area contributed by atoms with E-state index in [1.807, 2.05) is 4.90 Å². The number of piperidine rings is 1.